The molecule has 0 aromatic heterocycles. The molecule has 20 heavy (non-hydrogen) atoms. The molecule has 8 heteroatoms. The molecule has 0 saturated carbocycles. The summed E-state index contributed by atoms with van der Waals surface area (Å²) in [5.41, 5.74) is -2.61. The van der Waals surface area contributed by atoms with Gasteiger partial charge in [0.15, 0.2) is 5.60 Å². The van der Waals surface area contributed by atoms with E-state index < -0.39 is 42.3 Å². The van der Waals surface area contributed by atoms with Gasteiger partial charge in [-0.25, -0.2) is 4.79 Å². The Morgan fingerprint density at radius 2 is 1.80 bits per heavy atom. The van der Waals surface area contributed by atoms with Crippen molar-refractivity contribution in [1.82, 2.24) is 0 Å². The molecule has 0 radical (unpaired) electrons. The lowest BCUT2D eigenvalue weighted by atomic mass is 9.95. The zero-order valence-electron chi connectivity index (χ0n) is 11.3. The van der Waals surface area contributed by atoms with E-state index in [1.54, 1.807) is 0 Å². The van der Waals surface area contributed by atoms with Gasteiger partial charge in [0.25, 0.3) is 0 Å². The van der Waals surface area contributed by atoms with Gasteiger partial charge < -0.3 is 24.5 Å². The van der Waals surface area contributed by atoms with Crippen LogP contribution in [-0.2, 0) is 28.7 Å². The third kappa shape index (κ3) is 6.83. The zero-order valence-corrected chi connectivity index (χ0v) is 11.3. The van der Waals surface area contributed by atoms with Gasteiger partial charge in [0.05, 0.1) is 13.0 Å². The van der Waals surface area contributed by atoms with Gasteiger partial charge >= 0.3 is 17.9 Å². The van der Waals surface area contributed by atoms with Gasteiger partial charge in [0.2, 0.25) is 0 Å². The quantitative estimate of drug-likeness (QED) is 0.331. The number of unbranched alkanes of at least 4 members (excludes halogenated alkanes) is 1. The lowest BCUT2D eigenvalue weighted by Crippen LogP contribution is -2.47. The Balaban J connectivity index is 4.80. The van der Waals surface area contributed by atoms with E-state index in [1.807, 2.05) is 6.92 Å². The summed E-state index contributed by atoms with van der Waals surface area (Å²) in [5.74, 6) is -5.18. The van der Waals surface area contributed by atoms with Gasteiger partial charge in [0.1, 0.15) is 0 Å². The van der Waals surface area contributed by atoms with Crippen LogP contribution in [0.1, 0.15) is 39.5 Å². The van der Waals surface area contributed by atoms with E-state index in [-0.39, 0.29) is 6.61 Å². The van der Waals surface area contributed by atoms with Crippen LogP contribution in [0.15, 0.2) is 0 Å². The minimum absolute atomic E-state index is 0.0214. The van der Waals surface area contributed by atoms with Crippen molar-refractivity contribution in [3.8, 4) is 0 Å². The molecule has 0 saturated heterocycles. The SMILES string of the molecule is CCCCOC(=O)C(O)(CC(=O)[O-])CC(=O)OC(C)=O. The first-order chi connectivity index (χ1) is 9.21. The molecule has 0 fully saturated rings. The van der Waals surface area contributed by atoms with Crippen LogP contribution in [-0.4, -0.2) is 41.2 Å². The van der Waals surface area contributed by atoms with Gasteiger partial charge in [-0.3, -0.25) is 9.59 Å². The molecule has 1 atom stereocenters. The highest BCUT2D eigenvalue weighted by molar-refractivity contribution is 5.92. The first kappa shape index (κ1) is 18.0. The second kappa shape index (κ2) is 8.26. The lowest BCUT2D eigenvalue weighted by molar-refractivity contribution is -0.309. The summed E-state index contributed by atoms with van der Waals surface area (Å²) in [6.07, 6.45) is -0.903. The standard InChI is InChI=1S/C12H18O8/c1-3-4-5-19-11(17)12(18,6-9(14)15)7-10(16)20-8(2)13/h18H,3-7H2,1-2H3,(H,14,15)/p-1. The van der Waals surface area contributed by atoms with Crippen LogP contribution in [0.3, 0.4) is 0 Å². The van der Waals surface area contributed by atoms with Crippen LogP contribution in [0.25, 0.3) is 0 Å². The predicted molar refractivity (Wildman–Crippen MR) is 61.8 cm³/mol. The molecule has 0 spiro atoms. The van der Waals surface area contributed by atoms with Crippen molar-refractivity contribution in [2.75, 3.05) is 6.61 Å². The maximum Gasteiger partial charge on any atom is 0.339 e. The van der Waals surface area contributed by atoms with Gasteiger partial charge in [-0.15, -0.1) is 0 Å². The molecule has 0 aliphatic heterocycles. The molecular formula is C12H17O8-. The Bertz CT molecular complexity index is 389. The van der Waals surface area contributed by atoms with Gasteiger partial charge in [-0.2, -0.15) is 0 Å². The maximum atomic E-state index is 11.6. The molecule has 8 nitrogen and oxygen atoms in total. The molecule has 0 aromatic carbocycles. The zero-order chi connectivity index (χ0) is 15.8. The van der Waals surface area contributed by atoms with E-state index in [4.69, 9.17) is 0 Å². The lowest BCUT2D eigenvalue weighted by Gasteiger charge is -2.25. The summed E-state index contributed by atoms with van der Waals surface area (Å²) in [6.45, 7) is 2.77. The average Bonchev–Trinajstić information content (AvgIpc) is 2.26. The minimum Gasteiger partial charge on any atom is -0.550 e. The fourth-order valence-corrected chi connectivity index (χ4v) is 1.32. The van der Waals surface area contributed by atoms with E-state index in [9.17, 15) is 29.4 Å². The summed E-state index contributed by atoms with van der Waals surface area (Å²) < 4.78 is 8.83. The Morgan fingerprint density at radius 1 is 1.20 bits per heavy atom. The Labute approximate surface area is 115 Å². The number of carboxylic acid groups (broad SMARTS) is 1. The second-order valence-electron chi connectivity index (χ2n) is 4.21. The van der Waals surface area contributed by atoms with Crippen LogP contribution in [0.2, 0.25) is 0 Å². The summed E-state index contributed by atoms with van der Waals surface area (Å²) in [7, 11) is 0. The van der Waals surface area contributed by atoms with Crippen LogP contribution in [0, 0.1) is 0 Å². The molecule has 0 amide bonds. The molecule has 0 heterocycles. The molecule has 0 bridgehead atoms. The average molecular weight is 289 g/mol. The summed E-state index contributed by atoms with van der Waals surface area (Å²) in [5, 5.41) is 20.5. The molecule has 0 aliphatic rings. The van der Waals surface area contributed by atoms with Crippen molar-refractivity contribution in [2.24, 2.45) is 0 Å². The van der Waals surface area contributed by atoms with E-state index in [0.717, 1.165) is 13.3 Å². The number of ether oxygens (including phenoxy) is 2. The highest BCUT2D eigenvalue weighted by atomic mass is 16.6. The number of hydrogen-bond acceptors (Lipinski definition) is 8. The van der Waals surface area contributed by atoms with Crippen LogP contribution >= 0.6 is 0 Å². The van der Waals surface area contributed by atoms with E-state index in [1.165, 1.54) is 0 Å². The number of rotatable bonds is 8. The molecular weight excluding hydrogens is 272 g/mol. The molecule has 1 unspecified atom stereocenters. The predicted octanol–water partition coefficient (Wildman–Crippen LogP) is -1.32. The third-order valence-corrected chi connectivity index (χ3v) is 2.24. The van der Waals surface area contributed by atoms with Crippen molar-refractivity contribution >= 4 is 23.9 Å². The topological polar surface area (TPSA) is 130 Å². The number of carbonyl (C=O) groups excluding carboxylic acids is 4. The highest BCUT2D eigenvalue weighted by Crippen LogP contribution is 2.18. The van der Waals surface area contributed by atoms with Gasteiger partial charge in [-0.05, 0) is 6.42 Å². The normalized spacial score (nSPS) is 13.2. The Kier molecular flexibility index (Phi) is 7.45. The molecule has 1 N–H and O–H groups in total. The van der Waals surface area contributed by atoms with E-state index in [2.05, 4.69) is 9.47 Å². The number of aliphatic hydroxyl groups is 1. The molecule has 0 aromatic rings. The number of hydrogen-bond donors (Lipinski definition) is 1. The largest absolute Gasteiger partial charge is 0.550 e. The van der Waals surface area contributed by atoms with E-state index >= 15 is 0 Å². The molecule has 0 rings (SSSR count). The van der Waals surface area contributed by atoms with Crippen LogP contribution in [0.4, 0.5) is 0 Å². The number of carboxylic acids is 1. The van der Waals surface area contributed by atoms with Gasteiger partial charge in [0, 0.05) is 19.3 Å². The number of carbonyl (C=O) groups is 4. The fraction of sp³-hybridized carbons (Fsp3) is 0.667. The minimum atomic E-state index is -2.61. The maximum absolute atomic E-state index is 11.6. The fourth-order valence-electron chi connectivity index (χ4n) is 1.32. The number of esters is 3. The molecule has 114 valence electrons. The molecule has 0 aliphatic carbocycles. The summed E-state index contributed by atoms with van der Waals surface area (Å²) in [4.78, 5) is 44.0. The van der Waals surface area contributed by atoms with Crippen molar-refractivity contribution in [1.29, 1.82) is 0 Å². The second-order valence-corrected chi connectivity index (χ2v) is 4.21. The Morgan fingerprint density at radius 3 is 2.25 bits per heavy atom. The van der Waals surface area contributed by atoms with Crippen molar-refractivity contribution in [3.63, 3.8) is 0 Å². The summed E-state index contributed by atoms with van der Waals surface area (Å²) in [6, 6.07) is 0. The monoisotopic (exact) mass is 289 g/mol. The van der Waals surface area contributed by atoms with Crippen LogP contribution < -0.4 is 5.11 Å². The highest BCUT2D eigenvalue weighted by Gasteiger charge is 2.41. The number of aliphatic carboxylic acids is 1. The smallest absolute Gasteiger partial charge is 0.339 e. The first-order valence-electron chi connectivity index (χ1n) is 6.02. The van der Waals surface area contributed by atoms with Gasteiger partial charge in [-0.1, -0.05) is 13.3 Å². The van der Waals surface area contributed by atoms with Crippen molar-refractivity contribution in [2.45, 2.75) is 45.1 Å². The van der Waals surface area contributed by atoms with Crippen LogP contribution in [0.5, 0.6) is 0 Å². The first-order valence-corrected chi connectivity index (χ1v) is 6.02. The van der Waals surface area contributed by atoms with E-state index in [0.29, 0.717) is 6.42 Å². The Hall–Kier alpha value is -1.96. The van der Waals surface area contributed by atoms with Crippen molar-refractivity contribution < 1.29 is 38.9 Å². The summed E-state index contributed by atoms with van der Waals surface area (Å²) >= 11 is 0. The van der Waals surface area contributed by atoms with Crippen molar-refractivity contribution in [3.05, 3.63) is 0 Å². The third-order valence-electron chi connectivity index (χ3n) is 2.24.